The van der Waals surface area contributed by atoms with E-state index in [-0.39, 0.29) is 11.6 Å². The Hall–Kier alpha value is -0.860. The van der Waals surface area contributed by atoms with Crippen molar-refractivity contribution in [2.45, 2.75) is 78.4 Å². The van der Waals surface area contributed by atoms with E-state index in [9.17, 15) is 5.11 Å². The van der Waals surface area contributed by atoms with Gasteiger partial charge < -0.3 is 10.4 Å². The number of rotatable bonds is 8. The molecule has 1 fully saturated rings. The molecule has 1 rings (SSSR count). The largest absolute Gasteiger partial charge is 0.393 e. The Bertz CT molecular complexity index is 425. The van der Waals surface area contributed by atoms with E-state index in [1.807, 2.05) is 6.08 Å². The van der Waals surface area contributed by atoms with Gasteiger partial charge in [0.2, 0.25) is 0 Å². The number of aliphatic hydroxyl groups excluding tert-OH is 1. The normalized spacial score (nSPS) is 25.3. The van der Waals surface area contributed by atoms with Gasteiger partial charge in [0, 0.05) is 12.1 Å². The highest BCUT2D eigenvalue weighted by atomic mass is 16.3. The SMILES string of the molecule is C=C/C(=C\C(C)=C/C)C(C)CNC(C)(C)CC1CCC(O)CC1. The first-order chi connectivity index (χ1) is 10.8. The van der Waals surface area contributed by atoms with Crippen molar-refractivity contribution in [3.8, 4) is 0 Å². The standard InChI is InChI=1S/C21H37NO/c1-7-16(3)13-19(8-2)17(4)15-22-21(5,6)14-18-9-11-20(23)12-10-18/h7-8,13,17-18,20,22-23H,2,9-12,14-15H2,1,3-6H3/b16-7-,19-13+. The van der Waals surface area contributed by atoms with Crippen LogP contribution in [0.3, 0.4) is 0 Å². The fourth-order valence-electron chi connectivity index (χ4n) is 3.44. The Kier molecular flexibility index (Phi) is 8.28. The molecule has 1 atom stereocenters. The molecular weight excluding hydrogens is 282 g/mol. The lowest BCUT2D eigenvalue weighted by Crippen LogP contribution is -2.43. The molecule has 0 heterocycles. The van der Waals surface area contributed by atoms with Gasteiger partial charge in [-0.25, -0.2) is 0 Å². The first kappa shape index (κ1) is 20.2. The van der Waals surface area contributed by atoms with Crippen LogP contribution in [0.5, 0.6) is 0 Å². The van der Waals surface area contributed by atoms with Gasteiger partial charge in [0.05, 0.1) is 6.10 Å². The summed E-state index contributed by atoms with van der Waals surface area (Å²) < 4.78 is 0. The smallest absolute Gasteiger partial charge is 0.0540 e. The molecule has 1 aliphatic rings. The van der Waals surface area contributed by atoms with Crippen LogP contribution in [0.15, 0.2) is 36.0 Å². The van der Waals surface area contributed by atoms with Crippen molar-refractivity contribution in [3.63, 3.8) is 0 Å². The van der Waals surface area contributed by atoms with E-state index in [1.165, 1.54) is 30.4 Å². The number of nitrogens with one attached hydrogen (secondary N) is 1. The number of allylic oxidation sites excluding steroid dienone is 4. The van der Waals surface area contributed by atoms with Crippen LogP contribution >= 0.6 is 0 Å². The number of hydrogen-bond acceptors (Lipinski definition) is 2. The third-order valence-corrected chi connectivity index (χ3v) is 5.16. The highest BCUT2D eigenvalue weighted by molar-refractivity contribution is 5.29. The molecule has 1 unspecified atom stereocenters. The minimum Gasteiger partial charge on any atom is -0.393 e. The second-order valence-electron chi connectivity index (χ2n) is 7.93. The average Bonchev–Trinajstić information content (AvgIpc) is 2.52. The Morgan fingerprint density at radius 2 is 1.91 bits per heavy atom. The van der Waals surface area contributed by atoms with Gasteiger partial charge in [-0.15, -0.1) is 0 Å². The Morgan fingerprint density at radius 3 is 2.43 bits per heavy atom. The van der Waals surface area contributed by atoms with Crippen LogP contribution in [0.1, 0.15) is 66.7 Å². The van der Waals surface area contributed by atoms with Crippen LogP contribution in [-0.2, 0) is 0 Å². The van der Waals surface area contributed by atoms with Crippen molar-refractivity contribution in [1.29, 1.82) is 0 Å². The van der Waals surface area contributed by atoms with E-state index in [1.54, 1.807) is 0 Å². The van der Waals surface area contributed by atoms with Gasteiger partial charge in [-0.3, -0.25) is 0 Å². The van der Waals surface area contributed by atoms with Crippen LogP contribution in [0.25, 0.3) is 0 Å². The first-order valence-electron chi connectivity index (χ1n) is 9.17. The Balaban J connectivity index is 2.50. The fraction of sp³-hybridized carbons (Fsp3) is 0.714. The summed E-state index contributed by atoms with van der Waals surface area (Å²) in [5, 5.41) is 13.4. The molecule has 1 aliphatic carbocycles. The fourth-order valence-corrected chi connectivity index (χ4v) is 3.44. The van der Waals surface area contributed by atoms with Crippen LogP contribution in [-0.4, -0.2) is 23.3 Å². The molecule has 23 heavy (non-hydrogen) atoms. The van der Waals surface area contributed by atoms with E-state index in [4.69, 9.17) is 0 Å². The maximum absolute atomic E-state index is 9.65. The van der Waals surface area contributed by atoms with Gasteiger partial charge in [-0.05, 0) is 77.2 Å². The number of aliphatic hydroxyl groups is 1. The van der Waals surface area contributed by atoms with E-state index in [0.29, 0.717) is 5.92 Å². The van der Waals surface area contributed by atoms with Crippen molar-refractivity contribution in [2.75, 3.05) is 6.54 Å². The molecule has 0 aliphatic heterocycles. The van der Waals surface area contributed by atoms with E-state index < -0.39 is 0 Å². The summed E-state index contributed by atoms with van der Waals surface area (Å²) >= 11 is 0. The third kappa shape index (κ3) is 7.50. The summed E-state index contributed by atoms with van der Waals surface area (Å²) in [6.45, 7) is 16.0. The molecule has 132 valence electrons. The molecule has 0 amide bonds. The summed E-state index contributed by atoms with van der Waals surface area (Å²) in [7, 11) is 0. The maximum Gasteiger partial charge on any atom is 0.0540 e. The first-order valence-corrected chi connectivity index (χ1v) is 9.17. The van der Waals surface area contributed by atoms with Crippen molar-refractivity contribution < 1.29 is 5.11 Å². The molecule has 2 heteroatoms. The molecule has 2 N–H and O–H groups in total. The third-order valence-electron chi connectivity index (χ3n) is 5.16. The van der Waals surface area contributed by atoms with Crippen molar-refractivity contribution in [1.82, 2.24) is 5.32 Å². The van der Waals surface area contributed by atoms with Gasteiger partial charge >= 0.3 is 0 Å². The van der Waals surface area contributed by atoms with Gasteiger partial charge in [-0.1, -0.05) is 37.3 Å². The van der Waals surface area contributed by atoms with Crippen molar-refractivity contribution in [2.24, 2.45) is 11.8 Å². The van der Waals surface area contributed by atoms with Gasteiger partial charge in [0.1, 0.15) is 0 Å². The molecule has 0 aromatic rings. The molecule has 0 bridgehead atoms. The zero-order valence-corrected chi connectivity index (χ0v) is 15.9. The summed E-state index contributed by atoms with van der Waals surface area (Å²) in [4.78, 5) is 0. The van der Waals surface area contributed by atoms with E-state index >= 15 is 0 Å². The zero-order chi connectivity index (χ0) is 17.5. The van der Waals surface area contributed by atoms with Crippen LogP contribution in [0, 0.1) is 11.8 Å². The monoisotopic (exact) mass is 319 g/mol. The van der Waals surface area contributed by atoms with Crippen molar-refractivity contribution in [3.05, 3.63) is 36.0 Å². The lowest BCUT2D eigenvalue weighted by atomic mass is 9.79. The predicted molar refractivity (Wildman–Crippen MR) is 102 cm³/mol. The second-order valence-corrected chi connectivity index (χ2v) is 7.93. The molecule has 1 saturated carbocycles. The van der Waals surface area contributed by atoms with Gasteiger partial charge in [-0.2, -0.15) is 0 Å². The zero-order valence-electron chi connectivity index (χ0n) is 15.9. The van der Waals surface area contributed by atoms with E-state index in [0.717, 1.165) is 25.3 Å². The quantitative estimate of drug-likeness (QED) is 0.616. The minimum absolute atomic E-state index is 0.0579. The second kappa shape index (κ2) is 9.44. The van der Waals surface area contributed by atoms with Crippen LogP contribution in [0.2, 0.25) is 0 Å². The highest BCUT2D eigenvalue weighted by Gasteiger charge is 2.27. The van der Waals surface area contributed by atoms with Gasteiger partial charge in [0.25, 0.3) is 0 Å². The predicted octanol–water partition coefficient (Wildman–Crippen LogP) is 5.01. The molecular formula is C21H37NO. The average molecular weight is 320 g/mol. The maximum atomic E-state index is 9.65. The molecule has 0 aromatic carbocycles. The lowest BCUT2D eigenvalue weighted by Gasteiger charge is -2.35. The van der Waals surface area contributed by atoms with Crippen LogP contribution in [0.4, 0.5) is 0 Å². The summed E-state index contributed by atoms with van der Waals surface area (Å²) in [6, 6.07) is 0. The minimum atomic E-state index is -0.0579. The lowest BCUT2D eigenvalue weighted by molar-refractivity contribution is 0.0978. The molecule has 0 radical (unpaired) electrons. The molecule has 0 spiro atoms. The summed E-state index contributed by atoms with van der Waals surface area (Å²) in [5.74, 6) is 1.20. The Labute approximate surface area is 143 Å². The molecule has 0 aromatic heterocycles. The molecule has 0 saturated heterocycles. The Morgan fingerprint density at radius 1 is 1.30 bits per heavy atom. The highest BCUT2D eigenvalue weighted by Crippen LogP contribution is 2.31. The summed E-state index contributed by atoms with van der Waals surface area (Å²) in [5.41, 5.74) is 2.72. The molecule has 2 nitrogen and oxygen atoms in total. The van der Waals surface area contributed by atoms with Gasteiger partial charge in [0.15, 0.2) is 0 Å². The summed E-state index contributed by atoms with van der Waals surface area (Å²) in [6.07, 6.45) is 11.8. The van der Waals surface area contributed by atoms with Crippen molar-refractivity contribution >= 4 is 0 Å². The van der Waals surface area contributed by atoms with Crippen LogP contribution < -0.4 is 5.32 Å². The number of hydrogen-bond donors (Lipinski definition) is 2. The van der Waals surface area contributed by atoms with E-state index in [2.05, 4.69) is 58.7 Å². The topological polar surface area (TPSA) is 32.3 Å².